The molecule has 0 bridgehead atoms. The molecule has 0 aromatic heterocycles. The smallest absolute Gasteiger partial charge is 0.407 e. The van der Waals surface area contributed by atoms with Gasteiger partial charge in [0.25, 0.3) is 0 Å². The summed E-state index contributed by atoms with van der Waals surface area (Å²) in [7, 11) is 3.96. The van der Waals surface area contributed by atoms with Crippen molar-refractivity contribution in [3.63, 3.8) is 0 Å². The first-order valence-corrected chi connectivity index (χ1v) is 11.0. The predicted molar refractivity (Wildman–Crippen MR) is 121 cm³/mol. The molecule has 3 N–H and O–H groups in total. The van der Waals surface area contributed by atoms with Crippen LogP contribution in [0.25, 0.3) is 0 Å². The average molecular weight is 413 g/mol. The van der Waals surface area contributed by atoms with E-state index < -0.39 is 5.60 Å². The molecule has 0 aliphatic carbocycles. The number of aliphatic imine (C=N–C) groups is 1. The fraction of sp³-hybridized carbons (Fsp3) is 0.905. The van der Waals surface area contributed by atoms with Crippen LogP contribution in [0.1, 0.15) is 53.9 Å². The molecule has 1 rings (SSSR count). The molecule has 1 amide bonds. The number of likely N-dealkylation sites (N-methyl/N-ethyl adjacent to an activating group) is 1. The monoisotopic (exact) mass is 412 g/mol. The number of guanidine groups is 1. The summed E-state index contributed by atoms with van der Waals surface area (Å²) >= 11 is 0. The van der Waals surface area contributed by atoms with Crippen LogP contribution in [0.2, 0.25) is 0 Å². The van der Waals surface area contributed by atoms with E-state index in [1.165, 1.54) is 0 Å². The van der Waals surface area contributed by atoms with E-state index >= 15 is 0 Å². The summed E-state index contributed by atoms with van der Waals surface area (Å²) in [4.78, 5) is 21.2. The normalized spacial score (nSPS) is 18.8. The van der Waals surface area contributed by atoms with Crippen LogP contribution in [0.4, 0.5) is 4.79 Å². The number of hydrogen-bond acceptors (Lipinski definition) is 5. The van der Waals surface area contributed by atoms with Crippen molar-refractivity contribution in [1.29, 1.82) is 0 Å². The number of nitrogens with one attached hydrogen (secondary N) is 3. The van der Waals surface area contributed by atoms with Gasteiger partial charge in [0.2, 0.25) is 0 Å². The summed E-state index contributed by atoms with van der Waals surface area (Å²) in [5, 5.41) is 9.79. The maximum Gasteiger partial charge on any atom is 0.407 e. The number of hydrogen-bond donors (Lipinski definition) is 3. The summed E-state index contributed by atoms with van der Waals surface area (Å²) in [6.07, 6.45) is 2.77. The zero-order valence-corrected chi connectivity index (χ0v) is 19.7. The molecule has 0 radical (unpaired) electrons. The van der Waals surface area contributed by atoms with Crippen molar-refractivity contribution in [3.05, 3.63) is 0 Å². The molecular formula is C21H44N6O2. The highest BCUT2D eigenvalue weighted by Crippen LogP contribution is 2.07. The number of carbonyl (C=O) groups is 1. The number of unbranched alkanes of at least 4 members (excludes halogenated alkanes) is 1. The van der Waals surface area contributed by atoms with Gasteiger partial charge < -0.3 is 25.6 Å². The minimum Gasteiger partial charge on any atom is -0.444 e. The first-order chi connectivity index (χ1) is 13.6. The lowest BCUT2D eigenvalue weighted by molar-refractivity contribution is 0.0523. The Morgan fingerprint density at radius 2 is 1.79 bits per heavy atom. The van der Waals surface area contributed by atoms with Gasteiger partial charge in [0.1, 0.15) is 5.60 Å². The largest absolute Gasteiger partial charge is 0.444 e. The molecule has 1 aliphatic heterocycles. The summed E-state index contributed by atoms with van der Waals surface area (Å²) in [6, 6.07) is 0.545. The zero-order chi connectivity index (χ0) is 21.9. The van der Waals surface area contributed by atoms with E-state index in [9.17, 15) is 4.79 Å². The number of amides is 1. The van der Waals surface area contributed by atoms with Crippen LogP contribution in [0, 0.1) is 0 Å². The Kier molecular flexibility index (Phi) is 11.3. The minimum absolute atomic E-state index is 0.104. The van der Waals surface area contributed by atoms with E-state index in [1.807, 2.05) is 20.8 Å². The van der Waals surface area contributed by atoms with Crippen LogP contribution < -0.4 is 16.0 Å². The van der Waals surface area contributed by atoms with Crippen molar-refractivity contribution in [2.45, 2.75) is 71.6 Å². The molecule has 0 spiro atoms. The average Bonchev–Trinajstić information content (AvgIpc) is 2.65. The lowest BCUT2D eigenvalue weighted by atomic mass is 10.1. The second kappa shape index (κ2) is 12.9. The zero-order valence-electron chi connectivity index (χ0n) is 19.7. The van der Waals surface area contributed by atoms with E-state index in [4.69, 9.17) is 4.74 Å². The van der Waals surface area contributed by atoms with E-state index in [0.29, 0.717) is 12.6 Å². The maximum atomic E-state index is 12.0. The van der Waals surface area contributed by atoms with Gasteiger partial charge in [-0.25, -0.2) is 4.79 Å². The van der Waals surface area contributed by atoms with Crippen molar-refractivity contribution >= 4 is 12.1 Å². The van der Waals surface area contributed by atoms with Crippen LogP contribution in [-0.4, -0.2) is 92.9 Å². The first-order valence-electron chi connectivity index (χ1n) is 11.0. The molecule has 29 heavy (non-hydrogen) atoms. The van der Waals surface area contributed by atoms with Gasteiger partial charge in [-0.2, -0.15) is 0 Å². The number of carbonyl (C=O) groups excluding carboxylic acids is 1. The Bertz CT molecular complexity index is 498. The molecule has 1 heterocycles. The molecule has 8 nitrogen and oxygen atoms in total. The molecule has 0 aromatic carbocycles. The van der Waals surface area contributed by atoms with Crippen LogP contribution in [-0.2, 0) is 4.74 Å². The van der Waals surface area contributed by atoms with Gasteiger partial charge >= 0.3 is 6.09 Å². The van der Waals surface area contributed by atoms with Gasteiger partial charge in [0, 0.05) is 58.4 Å². The second-order valence-electron chi connectivity index (χ2n) is 9.01. The minimum atomic E-state index is -0.493. The van der Waals surface area contributed by atoms with Gasteiger partial charge in [0.05, 0.1) is 0 Å². The SMILES string of the molecule is CCCCC(CNC(=O)OC(C)(C)C)NC(=NC)NCC(C)N1CCN(C)CC1. The van der Waals surface area contributed by atoms with Gasteiger partial charge in [-0.15, -0.1) is 0 Å². The topological polar surface area (TPSA) is 81.2 Å². The van der Waals surface area contributed by atoms with Gasteiger partial charge in [0.15, 0.2) is 5.96 Å². The van der Waals surface area contributed by atoms with Gasteiger partial charge in [-0.05, 0) is 41.2 Å². The molecule has 0 saturated carbocycles. The lowest BCUT2D eigenvalue weighted by Crippen LogP contribution is -2.54. The molecule has 2 unspecified atom stereocenters. The molecule has 2 atom stereocenters. The third kappa shape index (κ3) is 11.3. The standard InChI is InChI=1S/C21H44N6O2/c1-8-9-10-18(16-24-20(28)29-21(3,4)5)25-19(22-6)23-15-17(2)27-13-11-26(7)12-14-27/h17-18H,8-16H2,1-7H3,(H,24,28)(H2,22,23,25). The Hall–Kier alpha value is -1.54. The summed E-state index contributed by atoms with van der Waals surface area (Å²) in [6.45, 7) is 15.8. The summed E-state index contributed by atoms with van der Waals surface area (Å²) < 4.78 is 5.34. The Morgan fingerprint density at radius 3 is 2.34 bits per heavy atom. The van der Waals surface area contributed by atoms with E-state index in [2.05, 4.69) is 51.6 Å². The van der Waals surface area contributed by atoms with Crippen LogP contribution in [0.3, 0.4) is 0 Å². The Balaban J connectivity index is 2.48. The van der Waals surface area contributed by atoms with Crippen molar-refractivity contribution in [1.82, 2.24) is 25.8 Å². The second-order valence-corrected chi connectivity index (χ2v) is 9.01. The number of rotatable bonds is 9. The summed E-state index contributed by atoms with van der Waals surface area (Å²) in [5.74, 6) is 0.776. The molecule has 0 aromatic rings. The number of alkyl carbamates (subject to hydrolysis) is 1. The Labute approximate surface area is 177 Å². The van der Waals surface area contributed by atoms with Crippen LogP contribution in [0.15, 0.2) is 4.99 Å². The Morgan fingerprint density at radius 1 is 1.14 bits per heavy atom. The van der Waals surface area contributed by atoms with Gasteiger partial charge in [-0.1, -0.05) is 19.8 Å². The van der Waals surface area contributed by atoms with Crippen LogP contribution >= 0.6 is 0 Å². The van der Waals surface area contributed by atoms with E-state index in [1.54, 1.807) is 7.05 Å². The third-order valence-electron chi connectivity index (χ3n) is 5.09. The molecule has 170 valence electrons. The fourth-order valence-corrected chi connectivity index (χ4v) is 3.22. The molecular weight excluding hydrogens is 368 g/mol. The van der Waals surface area contributed by atoms with Crippen molar-refractivity contribution in [3.8, 4) is 0 Å². The predicted octanol–water partition coefficient (Wildman–Crippen LogP) is 1.87. The van der Waals surface area contributed by atoms with E-state index in [0.717, 1.165) is 57.9 Å². The lowest BCUT2D eigenvalue weighted by Gasteiger charge is -2.36. The quantitative estimate of drug-likeness (QED) is 0.396. The van der Waals surface area contributed by atoms with E-state index in [-0.39, 0.29) is 12.1 Å². The third-order valence-corrected chi connectivity index (χ3v) is 5.09. The maximum absolute atomic E-state index is 12.0. The van der Waals surface area contributed by atoms with Crippen molar-refractivity contribution in [2.24, 2.45) is 4.99 Å². The molecule has 1 saturated heterocycles. The fourth-order valence-electron chi connectivity index (χ4n) is 3.22. The highest BCUT2D eigenvalue weighted by molar-refractivity contribution is 5.80. The van der Waals surface area contributed by atoms with Crippen molar-refractivity contribution < 1.29 is 9.53 Å². The molecule has 8 heteroatoms. The number of ether oxygens (including phenoxy) is 1. The molecule has 1 fully saturated rings. The number of nitrogens with zero attached hydrogens (tertiary/aromatic N) is 3. The summed E-state index contributed by atoms with van der Waals surface area (Å²) in [5.41, 5.74) is -0.493. The van der Waals surface area contributed by atoms with Gasteiger partial charge in [-0.3, -0.25) is 9.89 Å². The highest BCUT2D eigenvalue weighted by Gasteiger charge is 2.20. The number of piperazine rings is 1. The van der Waals surface area contributed by atoms with Crippen molar-refractivity contribution in [2.75, 3.05) is 53.4 Å². The highest BCUT2D eigenvalue weighted by atomic mass is 16.6. The molecule has 1 aliphatic rings. The van der Waals surface area contributed by atoms with Crippen LogP contribution in [0.5, 0.6) is 0 Å². The first kappa shape index (κ1) is 25.5.